The molecule has 0 spiro atoms. The summed E-state index contributed by atoms with van der Waals surface area (Å²) in [7, 11) is 0. The van der Waals surface area contributed by atoms with E-state index in [9.17, 15) is 40.7 Å². The van der Waals surface area contributed by atoms with Crippen LogP contribution < -0.4 is 22.1 Å². The van der Waals surface area contributed by atoms with Crippen LogP contribution in [0.1, 0.15) is 347 Å². The molecule has 117 heavy (non-hydrogen) atoms. The highest BCUT2D eigenvalue weighted by Crippen LogP contribution is 2.47. The van der Waals surface area contributed by atoms with E-state index in [-0.39, 0.29) is 134 Å². The minimum atomic E-state index is -2.64. The molecule has 3 aromatic heterocycles. The fourth-order valence-electron chi connectivity index (χ4n) is 20.6. The summed E-state index contributed by atoms with van der Waals surface area (Å²) in [5, 5.41) is 41.5. The Morgan fingerprint density at radius 2 is 0.667 bits per heavy atom. The van der Waals surface area contributed by atoms with Gasteiger partial charge in [0.15, 0.2) is 0 Å². The van der Waals surface area contributed by atoms with Crippen LogP contribution in [-0.2, 0) is 14.4 Å². The van der Waals surface area contributed by atoms with Gasteiger partial charge in [0.25, 0.3) is 0 Å². The number of nitrogens with zero attached hydrogens (tertiary/aromatic N) is 12. The van der Waals surface area contributed by atoms with E-state index in [1.807, 2.05) is 24.3 Å². The predicted molar refractivity (Wildman–Crippen MR) is 449 cm³/mol. The molecule has 9 fully saturated rings. The number of nitrogens with two attached hydrogens (primary N) is 2. The van der Waals surface area contributed by atoms with E-state index in [4.69, 9.17) is 16.6 Å². The zero-order chi connectivity index (χ0) is 82.4. The van der Waals surface area contributed by atoms with Crippen molar-refractivity contribution in [1.29, 1.82) is 0 Å². The molecule has 15 rings (SSSR count). The summed E-state index contributed by atoms with van der Waals surface area (Å²) in [5.74, 6) is -2.72. The van der Waals surface area contributed by atoms with Gasteiger partial charge in [-0.1, -0.05) is 128 Å². The third-order valence-corrected chi connectivity index (χ3v) is 27.2. The van der Waals surface area contributed by atoms with Crippen molar-refractivity contribution in [2.24, 2.45) is 23.5 Å². The van der Waals surface area contributed by atoms with Crippen molar-refractivity contribution in [3.05, 3.63) is 136 Å². The summed E-state index contributed by atoms with van der Waals surface area (Å²) in [6, 6.07) is 29.4. The number of aryl methyl sites for hydroxylation is 5. The molecule has 7 N–H and O–H groups in total. The molecule has 6 unspecified atom stereocenters. The first kappa shape index (κ1) is 92.0. The first-order valence-corrected chi connectivity index (χ1v) is 43.4. The maximum absolute atomic E-state index is 13.7. The lowest BCUT2D eigenvalue weighted by atomic mass is 9.86. The summed E-state index contributed by atoms with van der Waals surface area (Å²) in [4.78, 5) is 44.7. The Bertz CT molecular complexity index is 3920. The number of anilines is 1. The number of nitrogens with one attached hydrogen (secondary N) is 2. The predicted octanol–water partition coefficient (Wildman–Crippen LogP) is 19.2. The molecule has 26 heteroatoms. The monoisotopic (exact) mass is 1630 g/mol. The van der Waals surface area contributed by atoms with Crippen molar-refractivity contribution < 1.29 is 45.8 Å². The zero-order valence-corrected chi connectivity index (χ0v) is 70.0. The number of carbonyl (C=O) groups is 3. The second kappa shape index (κ2) is 39.9. The molecule has 648 valence electrons. The number of aromatic nitrogens is 9. The van der Waals surface area contributed by atoms with Crippen molar-refractivity contribution in [2.45, 2.75) is 372 Å². The summed E-state index contributed by atoms with van der Waals surface area (Å²) >= 11 is 0. The molecule has 3 aromatic carbocycles. The Labute approximate surface area is 692 Å². The van der Waals surface area contributed by atoms with Crippen LogP contribution in [0.15, 0.2) is 72.8 Å². The number of nitrogen functional groups attached to an aromatic ring is 1. The molecule has 6 bridgehead atoms. The molecule has 9 aliphatic rings. The molecule has 3 saturated carbocycles. The Balaban J connectivity index is 0.000000174. The smallest absolute Gasteiger partial charge is 0.306 e. The lowest BCUT2D eigenvalue weighted by Crippen LogP contribution is -2.45. The van der Waals surface area contributed by atoms with Crippen molar-refractivity contribution in [2.75, 3.05) is 25.4 Å². The number of aliphatic carboxylic acids is 1. The highest BCUT2D eigenvalue weighted by molar-refractivity contribution is 5.80. The number of alkyl halides is 6. The van der Waals surface area contributed by atoms with Gasteiger partial charge in [-0.15, -0.1) is 30.6 Å². The fourth-order valence-corrected chi connectivity index (χ4v) is 20.6. The van der Waals surface area contributed by atoms with Crippen molar-refractivity contribution in [3.63, 3.8) is 0 Å². The van der Waals surface area contributed by atoms with E-state index in [0.29, 0.717) is 77.8 Å². The van der Waals surface area contributed by atoms with Gasteiger partial charge in [0.1, 0.15) is 34.9 Å². The van der Waals surface area contributed by atoms with Gasteiger partial charge in [0.05, 0.1) is 18.0 Å². The van der Waals surface area contributed by atoms with E-state index in [1.54, 1.807) is 0 Å². The molecular weight excluding hydrogens is 1500 g/mol. The van der Waals surface area contributed by atoms with Crippen molar-refractivity contribution >= 4 is 23.5 Å². The number of amides is 2. The molecular formula is C91H138F6N16O4. The largest absolute Gasteiger partial charge is 0.481 e. The number of hydrogen-bond acceptors (Lipinski definition) is 14. The van der Waals surface area contributed by atoms with E-state index in [0.717, 1.165) is 111 Å². The quantitative estimate of drug-likeness (QED) is 0.0296. The van der Waals surface area contributed by atoms with Crippen LogP contribution in [0.2, 0.25) is 0 Å². The highest BCUT2D eigenvalue weighted by atomic mass is 19.3. The lowest BCUT2D eigenvalue weighted by molar-refractivity contribution is -0.146. The van der Waals surface area contributed by atoms with Crippen LogP contribution in [0.5, 0.6) is 0 Å². The van der Waals surface area contributed by atoms with Gasteiger partial charge in [-0.25, -0.2) is 26.3 Å². The van der Waals surface area contributed by atoms with Gasteiger partial charge >= 0.3 is 5.97 Å². The zero-order valence-electron chi connectivity index (χ0n) is 70.0. The minimum Gasteiger partial charge on any atom is -0.481 e. The number of fused-ring (bicyclic) bond motifs is 6. The average Bonchev–Trinajstić information content (AvgIpc) is 1.64. The molecule has 0 radical (unpaired) electrons. The topological polar surface area (TPSA) is 249 Å². The number of halogens is 6. The second-order valence-electron chi connectivity index (χ2n) is 36.4. The third kappa shape index (κ3) is 23.1. The van der Waals surface area contributed by atoms with Crippen molar-refractivity contribution in [1.82, 2.24) is 69.6 Å². The first-order chi connectivity index (χ1) is 54.7. The van der Waals surface area contributed by atoms with Gasteiger partial charge in [0.2, 0.25) is 29.6 Å². The average molecular weight is 1630 g/mol. The molecule has 6 aliphatic heterocycles. The molecule has 2 amide bonds. The van der Waals surface area contributed by atoms with Gasteiger partial charge in [-0.3, -0.25) is 29.1 Å². The van der Waals surface area contributed by atoms with Crippen LogP contribution >= 0.6 is 0 Å². The number of carbonyl (C=O) groups excluding carboxylic acids is 2. The molecule has 9 atom stereocenters. The fraction of sp³-hybridized carbons (Fsp3) is 0.703. The minimum absolute atomic E-state index is 0. The van der Waals surface area contributed by atoms with E-state index in [1.165, 1.54) is 68.1 Å². The maximum atomic E-state index is 13.7. The molecule has 3 aliphatic carbocycles. The molecule has 6 saturated heterocycles. The highest BCUT2D eigenvalue weighted by Gasteiger charge is 2.47. The summed E-state index contributed by atoms with van der Waals surface area (Å²) in [6.45, 7) is 26.5. The van der Waals surface area contributed by atoms with E-state index >= 15 is 0 Å². The maximum Gasteiger partial charge on any atom is 0.306 e. The number of benzene rings is 3. The first-order valence-electron chi connectivity index (χ1n) is 43.4. The second-order valence-corrected chi connectivity index (χ2v) is 36.4. The Kier molecular flexibility index (Phi) is 31.4. The number of hydrogen-bond donors (Lipinski definition) is 5. The van der Waals surface area contributed by atoms with Gasteiger partial charge in [-0.05, 0) is 198 Å². The van der Waals surface area contributed by atoms with Crippen LogP contribution in [0, 0.1) is 52.4 Å². The Morgan fingerprint density at radius 3 is 0.949 bits per heavy atom. The van der Waals surface area contributed by atoms with Gasteiger partial charge in [0, 0.05) is 154 Å². The van der Waals surface area contributed by atoms with Crippen LogP contribution in [0.25, 0.3) is 0 Å². The summed E-state index contributed by atoms with van der Waals surface area (Å²) < 4.78 is 86.7. The van der Waals surface area contributed by atoms with E-state index < -0.39 is 29.7 Å². The standard InChI is InChI=1S/C30H43F2N5O.C29H42F2N6O.C23H35N5.C7H10F2O2.2CH4/c1-19(2)28-35-34-21(4)37(28)26-17-24-9-10-25(18-26)36(24)16-13-27(22-7-5-20(3)6-8-22)33-29(38)23-11-14-30(31,32)15-12-23;1-18(2)27-35-34-19(3)37(27)25-16-23-8-9-24(17-25)36(23)15-12-26(20-4-6-22(32)7-5-20)33-28(38)21-10-13-29(30,31)14-11-21;1-15(2)23-26-25-17(4)28(23)21-13-19-9-10-20(14-21)27(19)12-11-22(24)18-7-5-16(3)6-8-18;8-7(9)3-1-5(2-4-7)6(10)11;;/h5-8,19,23-27H,9-18H2,1-4H3,(H,33,38);4-7,18,21,23-26H,8-17,32H2,1-3H3,(H,33,38);5-8,15,19-22H,9-14,24H2,1-4H3;5H,1-4H2,(H,10,11);2*1H4/t24?,25?,26?,27-;23?,24?,25?,26-;19?,20?,21?,22-;;;/m000.../s1. The molecule has 20 nitrogen and oxygen atoms in total. The number of carboxylic acid groups (broad SMARTS) is 1. The Hall–Kier alpha value is -7.29. The SMILES string of the molecule is C.C.Cc1ccc([C@@H](N)CCN2C3CCC2CC(n2c(C)nnc2C(C)C)C3)cc1.Cc1ccc([C@H](CCN2C3CCC2CC(n2c(C)nnc2C(C)C)C3)NC(=O)C2CCC(F)(F)CC2)cc1.Cc1nnc(C(C)C)n1C1CC2CCC(C1)N2CC[C@H](NC(=O)C1CCC(F)(F)CC1)c1ccc(N)cc1.O=C(O)C1CCC(F)(F)CC1. The number of piperidine rings is 3. The van der Waals surface area contributed by atoms with Crippen molar-refractivity contribution in [3.8, 4) is 0 Å². The molecule has 9 heterocycles. The third-order valence-electron chi connectivity index (χ3n) is 27.2. The Morgan fingerprint density at radius 1 is 0.402 bits per heavy atom. The number of carboxylic acids is 1. The molecule has 6 aromatic rings. The summed E-state index contributed by atoms with van der Waals surface area (Å²) in [5.41, 5.74) is 18.9. The number of rotatable bonds is 23. The van der Waals surface area contributed by atoms with Gasteiger partial charge < -0.3 is 40.9 Å². The van der Waals surface area contributed by atoms with Gasteiger partial charge in [-0.2, -0.15) is 0 Å². The normalized spacial score (nSPS) is 25.8. The van der Waals surface area contributed by atoms with Crippen LogP contribution in [-0.4, -0.2) is 156 Å². The van der Waals surface area contributed by atoms with Crippen LogP contribution in [0.3, 0.4) is 0 Å². The van der Waals surface area contributed by atoms with Crippen LogP contribution in [0.4, 0.5) is 32.0 Å². The summed E-state index contributed by atoms with van der Waals surface area (Å²) in [6.07, 6.45) is 16.8. The van der Waals surface area contributed by atoms with E-state index in [2.05, 4.69) is 194 Å². The lowest BCUT2D eigenvalue weighted by Gasteiger charge is -2.40.